The molecule has 1 unspecified atom stereocenters. The first-order chi connectivity index (χ1) is 11.5. The zero-order valence-electron chi connectivity index (χ0n) is 14.5. The third-order valence-corrected chi connectivity index (χ3v) is 4.12. The van der Waals surface area contributed by atoms with Gasteiger partial charge in [-0.15, -0.1) is 0 Å². The lowest BCUT2D eigenvalue weighted by atomic mass is 9.79. The summed E-state index contributed by atoms with van der Waals surface area (Å²) >= 11 is 0. The van der Waals surface area contributed by atoms with Crippen molar-refractivity contribution >= 4 is 11.8 Å². The molecule has 128 valence electrons. The van der Waals surface area contributed by atoms with Crippen molar-refractivity contribution in [1.82, 2.24) is 0 Å². The van der Waals surface area contributed by atoms with E-state index in [9.17, 15) is 4.79 Å². The Morgan fingerprint density at radius 2 is 2.04 bits per heavy atom. The van der Waals surface area contributed by atoms with E-state index in [2.05, 4.69) is 4.99 Å². The van der Waals surface area contributed by atoms with Gasteiger partial charge >= 0.3 is 5.97 Å². The van der Waals surface area contributed by atoms with Gasteiger partial charge in [-0.3, -0.25) is 0 Å². The smallest absolute Gasteiger partial charge is 0.336 e. The molecule has 4 N–H and O–H groups in total. The SMILES string of the molecule is CCCC1=C(C(=O)OCC)C(c2ccccc2C)/C(=C/N)C(N)=N1. The van der Waals surface area contributed by atoms with Crippen molar-refractivity contribution in [2.24, 2.45) is 16.5 Å². The fourth-order valence-corrected chi connectivity index (χ4v) is 3.03. The van der Waals surface area contributed by atoms with Crippen LogP contribution in [-0.4, -0.2) is 18.4 Å². The number of benzene rings is 1. The predicted octanol–water partition coefficient (Wildman–Crippen LogP) is 2.91. The maximum Gasteiger partial charge on any atom is 0.336 e. The van der Waals surface area contributed by atoms with Crippen LogP contribution in [0.1, 0.15) is 43.7 Å². The van der Waals surface area contributed by atoms with Crippen LogP contribution in [0, 0.1) is 6.92 Å². The van der Waals surface area contributed by atoms with Crippen LogP contribution < -0.4 is 11.5 Å². The Kier molecular flexibility index (Phi) is 5.79. The summed E-state index contributed by atoms with van der Waals surface area (Å²) < 4.78 is 5.30. The Morgan fingerprint density at radius 3 is 2.62 bits per heavy atom. The number of hydrogen-bond donors (Lipinski definition) is 2. The molecule has 5 heteroatoms. The molecule has 24 heavy (non-hydrogen) atoms. The second-order valence-electron chi connectivity index (χ2n) is 5.74. The molecule has 1 aromatic carbocycles. The Balaban J connectivity index is 2.71. The molecule has 0 radical (unpaired) electrons. The van der Waals surface area contributed by atoms with Crippen LogP contribution in [0.4, 0.5) is 0 Å². The van der Waals surface area contributed by atoms with E-state index in [0.29, 0.717) is 35.7 Å². The molecule has 0 fully saturated rings. The molecule has 1 aliphatic heterocycles. The molecular formula is C19H25N3O2. The predicted molar refractivity (Wildman–Crippen MR) is 96.4 cm³/mol. The summed E-state index contributed by atoms with van der Waals surface area (Å²) in [5.74, 6) is -0.346. The topological polar surface area (TPSA) is 90.7 Å². The number of nitrogens with zero attached hydrogens (tertiary/aromatic N) is 1. The third-order valence-electron chi connectivity index (χ3n) is 4.12. The van der Waals surface area contributed by atoms with Crippen LogP contribution in [0.2, 0.25) is 0 Å². The van der Waals surface area contributed by atoms with Crippen molar-refractivity contribution in [3.8, 4) is 0 Å². The van der Waals surface area contributed by atoms with Gasteiger partial charge in [0, 0.05) is 17.7 Å². The van der Waals surface area contributed by atoms with Crippen LogP contribution in [0.15, 0.2) is 52.3 Å². The molecule has 0 amide bonds. The van der Waals surface area contributed by atoms with Gasteiger partial charge in [0.05, 0.1) is 17.9 Å². The quantitative estimate of drug-likeness (QED) is 0.814. The Bertz CT molecular complexity index is 717. The highest BCUT2D eigenvalue weighted by Gasteiger charge is 2.35. The van der Waals surface area contributed by atoms with Gasteiger partial charge in [-0.25, -0.2) is 9.79 Å². The number of hydrogen-bond acceptors (Lipinski definition) is 5. The van der Waals surface area contributed by atoms with Gasteiger partial charge in [-0.1, -0.05) is 37.6 Å². The van der Waals surface area contributed by atoms with Crippen LogP contribution in [0.25, 0.3) is 0 Å². The first-order valence-electron chi connectivity index (χ1n) is 8.27. The highest BCUT2D eigenvalue weighted by Crippen LogP contribution is 2.40. The average Bonchev–Trinajstić information content (AvgIpc) is 2.55. The average molecular weight is 327 g/mol. The molecule has 0 saturated heterocycles. The Labute approximate surface area is 143 Å². The van der Waals surface area contributed by atoms with Gasteiger partial charge in [0.25, 0.3) is 0 Å². The highest BCUT2D eigenvalue weighted by molar-refractivity contribution is 6.05. The van der Waals surface area contributed by atoms with Gasteiger partial charge in [0.15, 0.2) is 0 Å². The minimum absolute atomic E-state index is 0.309. The Morgan fingerprint density at radius 1 is 1.33 bits per heavy atom. The molecule has 1 heterocycles. The summed E-state index contributed by atoms with van der Waals surface area (Å²) in [6, 6.07) is 7.91. The third kappa shape index (κ3) is 3.35. The number of aliphatic imine (C=N–C) groups is 1. The summed E-state index contributed by atoms with van der Waals surface area (Å²) in [5.41, 5.74) is 15.9. The molecule has 0 aliphatic carbocycles. The van der Waals surface area contributed by atoms with Crippen molar-refractivity contribution in [2.75, 3.05) is 6.61 Å². The van der Waals surface area contributed by atoms with Gasteiger partial charge in [-0.2, -0.15) is 0 Å². The number of nitrogens with two attached hydrogens (primary N) is 2. The second kappa shape index (κ2) is 7.81. The molecule has 0 aromatic heterocycles. The highest BCUT2D eigenvalue weighted by atomic mass is 16.5. The number of aryl methyl sites for hydroxylation is 1. The first kappa shape index (κ1) is 17.8. The van der Waals surface area contributed by atoms with E-state index in [4.69, 9.17) is 16.2 Å². The number of esters is 1. The molecule has 0 saturated carbocycles. The van der Waals surface area contributed by atoms with Gasteiger partial charge in [0.2, 0.25) is 0 Å². The number of amidine groups is 1. The monoisotopic (exact) mass is 327 g/mol. The van der Waals surface area contributed by atoms with E-state index in [0.717, 1.165) is 17.5 Å². The van der Waals surface area contributed by atoms with Crippen molar-refractivity contribution in [3.63, 3.8) is 0 Å². The van der Waals surface area contributed by atoms with Crippen LogP contribution in [0.5, 0.6) is 0 Å². The summed E-state index contributed by atoms with van der Waals surface area (Å²) in [7, 11) is 0. The zero-order chi connectivity index (χ0) is 17.7. The largest absolute Gasteiger partial charge is 0.463 e. The maximum atomic E-state index is 12.7. The standard InChI is InChI=1S/C19H25N3O2/c1-4-8-15-17(19(23)24-5-2)16(14(11-20)18(21)22-15)13-10-7-6-9-12(13)3/h6-7,9-11,16H,4-5,8,20H2,1-3H3,(H2,21,22)/b14-11-. The molecule has 1 aromatic rings. The molecule has 0 bridgehead atoms. The van der Waals surface area contributed by atoms with E-state index in [-0.39, 0.29) is 11.9 Å². The molecule has 2 rings (SSSR count). The number of carbonyl (C=O) groups excluding carboxylic acids is 1. The maximum absolute atomic E-state index is 12.7. The van der Waals surface area contributed by atoms with Gasteiger partial charge in [-0.05, 0) is 31.4 Å². The van der Waals surface area contributed by atoms with E-state index >= 15 is 0 Å². The lowest BCUT2D eigenvalue weighted by molar-refractivity contribution is -0.138. The van der Waals surface area contributed by atoms with Crippen molar-refractivity contribution in [1.29, 1.82) is 0 Å². The van der Waals surface area contributed by atoms with Gasteiger partial charge in [0.1, 0.15) is 5.84 Å². The van der Waals surface area contributed by atoms with Crippen LogP contribution in [-0.2, 0) is 9.53 Å². The fourth-order valence-electron chi connectivity index (χ4n) is 3.03. The number of ether oxygens (including phenoxy) is 1. The van der Waals surface area contributed by atoms with E-state index in [1.54, 1.807) is 6.92 Å². The summed E-state index contributed by atoms with van der Waals surface area (Å²) in [6.45, 7) is 6.15. The molecule has 1 aliphatic rings. The minimum atomic E-state index is -0.357. The van der Waals surface area contributed by atoms with Crippen LogP contribution in [0.3, 0.4) is 0 Å². The van der Waals surface area contributed by atoms with Crippen LogP contribution >= 0.6 is 0 Å². The van der Waals surface area contributed by atoms with E-state index in [1.165, 1.54) is 6.20 Å². The second-order valence-corrected chi connectivity index (χ2v) is 5.74. The molecular weight excluding hydrogens is 302 g/mol. The summed E-state index contributed by atoms with van der Waals surface area (Å²) in [5, 5.41) is 0. The van der Waals surface area contributed by atoms with Crippen molar-refractivity contribution < 1.29 is 9.53 Å². The van der Waals surface area contributed by atoms with E-state index < -0.39 is 0 Å². The Hall–Kier alpha value is -2.56. The van der Waals surface area contributed by atoms with Crippen molar-refractivity contribution in [3.05, 3.63) is 58.4 Å². The zero-order valence-corrected chi connectivity index (χ0v) is 14.5. The van der Waals surface area contributed by atoms with Crippen molar-refractivity contribution in [2.45, 2.75) is 39.5 Å². The lowest BCUT2D eigenvalue weighted by Gasteiger charge is -2.29. The summed E-state index contributed by atoms with van der Waals surface area (Å²) in [6.07, 6.45) is 2.96. The number of allylic oxidation sites excluding steroid dienone is 1. The first-order valence-corrected chi connectivity index (χ1v) is 8.27. The van der Waals surface area contributed by atoms with E-state index in [1.807, 2.05) is 38.1 Å². The lowest BCUT2D eigenvalue weighted by Crippen LogP contribution is -2.30. The minimum Gasteiger partial charge on any atom is -0.463 e. The summed E-state index contributed by atoms with van der Waals surface area (Å²) in [4.78, 5) is 17.1. The number of carbonyl (C=O) groups is 1. The van der Waals surface area contributed by atoms with Gasteiger partial charge < -0.3 is 16.2 Å². The number of rotatable bonds is 5. The molecule has 0 spiro atoms. The fraction of sp³-hybridized carbons (Fsp3) is 0.368. The molecule has 1 atom stereocenters. The normalized spacial score (nSPS) is 19.4. The molecule has 5 nitrogen and oxygen atoms in total.